The molecule has 3 aromatic carbocycles. The van der Waals surface area contributed by atoms with E-state index in [-0.39, 0.29) is 17.8 Å². The van der Waals surface area contributed by atoms with Gasteiger partial charge in [-0.2, -0.15) is 0 Å². The topological polar surface area (TPSA) is 78.3 Å². The van der Waals surface area contributed by atoms with E-state index in [4.69, 9.17) is 9.47 Å². The van der Waals surface area contributed by atoms with Crippen molar-refractivity contribution in [1.29, 1.82) is 0 Å². The number of rotatable bonds is 9. The van der Waals surface area contributed by atoms with E-state index in [1.807, 2.05) is 96.4 Å². The number of thioether (sulfide) groups is 1. The smallest absolute Gasteiger partial charge is 0.237 e. The van der Waals surface area contributed by atoms with Crippen molar-refractivity contribution in [1.82, 2.24) is 14.8 Å². The first-order valence-electron chi connectivity index (χ1n) is 10.4. The predicted molar refractivity (Wildman–Crippen MR) is 129 cm³/mol. The first kappa shape index (κ1) is 22.4. The molecule has 1 N–H and O–H groups in total. The van der Waals surface area contributed by atoms with Gasteiger partial charge in [-0.15, -0.1) is 10.2 Å². The second-order valence-electron chi connectivity index (χ2n) is 7.12. The van der Waals surface area contributed by atoms with Gasteiger partial charge in [-0.05, 0) is 43.3 Å². The SMILES string of the molecule is COc1ccccc1OCc1nnc(S[C@H](C)C(=O)Nc2ccccc2)n1-c1ccccc1. The average molecular weight is 461 g/mol. The Labute approximate surface area is 196 Å². The molecule has 7 nitrogen and oxygen atoms in total. The van der Waals surface area contributed by atoms with Gasteiger partial charge >= 0.3 is 0 Å². The molecule has 0 saturated heterocycles. The van der Waals surface area contributed by atoms with Crippen LogP contribution in [0.1, 0.15) is 12.7 Å². The number of anilines is 1. The van der Waals surface area contributed by atoms with Gasteiger partial charge < -0.3 is 14.8 Å². The van der Waals surface area contributed by atoms with Gasteiger partial charge in [0.1, 0.15) is 6.61 Å². The van der Waals surface area contributed by atoms with Crippen LogP contribution in [0.25, 0.3) is 5.69 Å². The summed E-state index contributed by atoms with van der Waals surface area (Å²) in [6.45, 7) is 2.03. The average Bonchev–Trinajstić information content (AvgIpc) is 3.26. The predicted octanol–water partition coefficient (Wildman–Crippen LogP) is 4.97. The molecule has 8 heteroatoms. The molecular weight excluding hydrogens is 436 g/mol. The zero-order valence-corrected chi connectivity index (χ0v) is 19.2. The Morgan fingerprint density at radius 1 is 0.939 bits per heavy atom. The number of nitrogens with one attached hydrogen (secondary N) is 1. The summed E-state index contributed by atoms with van der Waals surface area (Å²) < 4.78 is 13.3. The summed E-state index contributed by atoms with van der Waals surface area (Å²) in [5.41, 5.74) is 1.64. The fraction of sp³-hybridized carbons (Fsp3) is 0.160. The molecule has 168 valence electrons. The molecule has 0 radical (unpaired) electrons. The molecule has 0 bridgehead atoms. The number of methoxy groups -OCH3 is 1. The lowest BCUT2D eigenvalue weighted by molar-refractivity contribution is -0.115. The summed E-state index contributed by atoms with van der Waals surface area (Å²) in [5.74, 6) is 1.77. The molecule has 4 rings (SSSR count). The summed E-state index contributed by atoms with van der Waals surface area (Å²) in [6, 6.07) is 26.6. The number of para-hydroxylation sites is 4. The minimum absolute atomic E-state index is 0.111. The van der Waals surface area contributed by atoms with Crippen LogP contribution in [0.4, 0.5) is 5.69 Å². The maximum absolute atomic E-state index is 12.7. The lowest BCUT2D eigenvalue weighted by Crippen LogP contribution is -2.22. The van der Waals surface area contributed by atoms with E-state index in [1.165, 1.54) is 11.8 Å². The molecule has 4 aromatic rings. The summed E-state index contributed by atoms with van der Waals surface area (Å²) in [4.78, 5) is 12.7. The zero-order valence-electron chi connectivity index (χ0n) is 18.3. The van der Waals surface area contributed by atoms with Gasteiger partial charge in [-0.1, -0.05) is 60.3 Å². The fourth-order valence-corrected chi connectivity index (χ4v) is 4.05. The number of hydrogen-bond donors (Lipinski definition) is 1. The Bertz CT molecular complexity index is 1200. The number of aromatic nitrogens is 3. The Kier molecular flexibility index (Phi) is 7.26. The Balaban J connectivity index is 1.55. The third-order valence-electron chi connectivity index (χ3n) is 4.83. The van der Waals surface area contributed by atoms with Crippen LogP contribution in [0.15, 0.2) is 90.1 Å². The lowest BCUT2D eigenvalue weighted by Gasteiger charge is -2.14. The fourth-order valence-electron chi connectivity index (χ4n) is 3.16. The van der Waals surface area contributed by atoms with E-state index >= 15 is 0 Å². The lowest BCUT2D eigenvalue weighted by atomic mass is 10.3. The summed E-state index contributed by atoms with van der Waals surface area (Å²) in [6.07, 6.45) is 0. The number of benzene rings is 3. The van der Waals surface area contributed by atoms with Crippen LogP contribution in [0.2, 0.25) is 0 Å². The number of carbonyl (C=O) groups is 1. The van der Waals surface area contributed by atoms with Gasteiger partial charge in [0.05, 0.1) is 12.4 Å². The highest BCUT2D eigenvalue weighted by atomic mass is 32.2. The third kappa shape index (κ3) is 5.53. The van der Waals surface area contributed by atoms with Crippen molar-refractivity contribution in [2.24, 2.45) is 0 Å². The maximum Gasteiger partial charge on any atom is 0.237 e. The molecule has 0 saturated carbocycles. The van der Waals surface area contributed by atoms with Gasteiger partial charge in [0.15, 0.2) is 22.5 Å². The molecule has 0 aliphatic rings. The van der Waals surface area contributed by atoms with Crippen molar-refractivity contribution in [2.45, 2.75) is 23.9 Å². The number of hydrogen-bond acceptors (Lipinski definition) is 6. The molecule has 0 spiro atoms. The van der Waals surface area contributed by atoms with E-state index in [0.717, 1.165) is 11.4 Å². The molecule has 1 heterocycles. The van der Waals surface area contributed by atoms with Crippen LogP contribution < -0.4 is 14.8 Å². The maximum atomic E-state index is 12.7. The highest BCUT2D eigenvalue weighted by molar-refractivity contribution is 8.00. The molecule has 0 unspecified atom stereocenters. The van der Waals surface area contributed by atoms with Crippen molar-refractivity contribution in [3.63, 3.8) is 0 Å². The number of carbonyl (C=O) groups excluding carboxylic acids is 1. The summed E-state index contributed by atoms with van der Waals surface area (Å²) in [5, 5.41) is 11.9. The normalized spacial score (nSPS) is 11.6. The van der Waals surface area contributed by atoms with Crippen LogP contribution in [0, 0.1) is 0 Å². The van der Waals surface area contributed by atoms with E-state index in [1.54, 1.807) is 7.11 Å². The first-order valence-corrected chi connectivity index (χ1v) is 11.3. The number of amides is 1. The quantitative estimate of drug-likeness (QED) is 0.355. The molecule has 0 aliphatic heterocycles. The van der Waals surface area contributed by atoms with Crippen LogP contribution >= 0.6 is 11.8 Å². The molecule has 0 aliphatic carbocycles. The molecule has 1 atom stereocenters. The van der Waals surface area contributed by atoms with E-state index in [2.05, 4.69) is 15.5 Å². The van der Waals surface area contributed by atoms with Crippen molar-refractivity contribution in [3.05, 3.63) is 90.8 Å². The highest BCUT2D eigenvalue weighted by Crippen LogP contribution is 2.29. The second-order valence-corrected chi connectivity index (χ2v) is 8.43. The molecule has 1 aromatic heterocycles. The summed E-state index contributed by atoms with van der Waals surface area (Å²) in [7, 11) is 1.60. The van der Waals surface area contributed by atoms with Crippen LogP contribution in [0.3, 0.4) is 0 Å². The van der Waals surface area contributed by atoms with Crippen LogP contribution in [-0.2, 0) is 11.4 Å². The number of nitrogens with zero attached hydrogens (tertiary/aromatic N) is 3. The largest absolute Gasteiger partial charge is 0.493 e. The van der Waals surface area contributed by atoms with Crippen molar-refractivity contribution in [3.8, 4) is 17.2 Å². The monoisotopic (exact) mass is 460 g/mol. The Morgan fingerprint density at radius 3 is 2.27 bits per heavy atom. The van der Waals surface area contributed by atoms with E-state index in [0.29, 0.717) is 22.5 Å². The Hall–Kier alpha value is -3.78. The standard InChI is InChI=1S/C25H24N4O3S/c1-18(24(30)26-19-11-5-3-6-12-19)33-25-28-27-23(29(25)20-13-7-4-8-14-20)17-32-22-16-10-9-15-21(22)31-2/h3-16,18H,17H2,1-2H3,(H,26,30)/t18-/m1/s1. The van der Waals surface area contributed by atoms with Crippen LogP contribution in [-0.4, -0.2) is 33.0 Å². The molecular formula is C25H24N4O3S. The zero-order chi connectivity index (χ0) is 23.0. The van der Waals surface area contributed by atoms with Crippen molar-refractivity contribution >= 4 is 23.4 Å². The Morgan fingerprint density at radius 2 is 1.58 bits per heavy atom. The van der Waals surface area contributed by atoms with Gasteiger partial charge in [0.25, 0.3) is 0 Å². The van der Waals surface area contributed by atoms with Gasteiger partial charge in [-0.3, -0.25) is 9.36 Å². The van der Waals surface area contributed by atoms with E-state index < -0.39 is 0 Å². The second kappa shape index (κ2) is 10.7. The molecule has 1 amide bonds. The minimum Gasteiger partial charge on any atom is -0.493 e. The summed E-state index contributed by atoms with van der Waals surface area (Å²) >= 11 is 1.34. The van der Waals surface area contributed by atoms with Gasteiger partial charge in [0, 0.05) is 11.4 Å². The van der Waals surface area contributed by atoms with Crippen LogP contribution in [0.5, 0.6) is 11.5 Å². The molecule has 0 fully saturated rings. The molecule has 33 heavy (non-hydrogen) atoms. The van der Waals surface area contributed by atoms with Crippen molar-refractivity contribution in [2.75, 3.05) is 12.4 Å². The van der Waals surface area contributed by atoms with E-state index in [9.17, 15) is 4.79 Å². The van der Waals surface area contributed by atoms with Gasteiger partial charge in [-0.25, -0.2) is 0 Å². The number of ether oxygens (including phenoxy) is 2. The van der Waals surface area contributed by atoms with Crippen molar-refractivity contribution < 1.29 is 14.3 Å². The third-order valence-corrected chi connectivity index (χ3v) is 5.88. The van der Waals surface area contributed by atoms with Gasteiger partial charge in [0.2, 0.25) is 5.91 Å². The minimum atomic E-state index is -0.389. The highest BCUT2D eigenvalue weighted by Gasteiger charge is 2.22. The first-order chi connectivity index (χ1) is 16.2.